The Morgan fingerprint density at radius 1 is 1.28 bits per heavy atom. The van der Waals surface area contributed by atoms with Gasteiger partial charge in [0.15, 0.2) is 5.11 Å². The van der Waals surface area contributed by atoms with Gasteiger partial charge in [0.05, 0.1) is 7.11 Å². The standard InChI is InChI=1S/C14H22N2OS/c1-4-8-15-14(18)16-9-7-12-10-11(2)5-6-13(12)17-3/h5-6,10H,4,7-9H2,1-3H3,(H2,15,16,18). The summed E-state index contributed by atoms with van der Waals surface area (Å²) in [5.74, 6) is 0.940. The molecule has 0 atom stereocenters. The normalized spacial score (nSPS) is 9.94. The Hall–Kier alpha value is -1.29. The van der Waals surface area contributed by atoms with Crippen molar-refractivity contribution in [3.8, 4) is 5.75 Å². The molecule has 0 radical (unpaired) electrons. The molecule has 1 aromatic carbocycles. The molecule has 0 unspecified atom stereocenters. The van der Waals surface area contributed by atoms with Crippen molar-refractivity contribution in [1.29, 1.82) is 0 Å². The molecule has 0 fully saturated rings. The van der Waals surface area contributed by atoms with E-state index in [9.17, 15) is 0 Å². The highest BCUT2D eigenvalue weighted by molar-refractivity contribution is 7.80. The maximum atomic E-state index is 5.35. The van der Waals surface area contributed by atoms with Crippen LogP contribution < -0.4 is 15.4 Å². The molecule has 0 saturated carbocycles. The number of rotatable bonds is 6. The topological polar surface area (TPSA) is 33.3 Å². The molecule has 1 rings (SSSR count). The minimum absolute atomic E-state index is 0.725. The lowest BCUT2D eigenvalue weighted by Gasteiger charge is -2.12. The van der Waals surface area contributed by atoms with E-state index in [4.69, 9.17) is 17.0 Å². The minimum atomic E-state index is 0.725. The second-order valence-corrected chi connectivity index (χ2v) is 4.66. The Bertz CT molecular complexity index is 393. The highest BCUT2D eigenvalue weighted by Gasteiger charge is 2.03. The number of methoxy groups -OCH3 is 1. The summed E-state index contributed by atoms with van der Waals surface area (Å²) in [5, 5.41) is 7.07. The van der Waals surface area contributed by atoms with Crippen LogP contribution in [0.15, 0.2) is 18.2 Å². The van der Waals surface area contributed by atoms with Crippen LogP contribution in [-0.4, -0.2) is 25.3 Å². The van der Waals surface area contributed by atoms with Crippen LogP contribution in [0.3, 0.4) is 0 Å². The lowest BCUT2D eigenvalue weighted by molar-refractivity contribution is 0.409. The van der Waals surface area contributed by atoms with E-state index in [-0.39, 0.29) is 0 Å². The third kappa shape index (κ3) is 4.92. The lowest BCUT2D eigenvalue weighted by Crippen LogP contribution is -2.36. The van der Waals surface area contributed by atoms with E-state index in [0.717, 1.165) is 36.8 Å². The van der Waals surface area contributed by atoms with Crippen molar-refractivity contribution < 1.29 is 4.74 Å². The molecule has 1 aromatic rings. The van der Waals surface area contributed by atoms with E-state index in [0.29, 0.717) is 0 Å². The molecule has 4 heteroatoms. The molecule has 0 spiro atoms. The fourth-order valence-electron chi connectivity index (χ4n) is 1.71. The predicted octanol–water partition coefficient (Wildman–Crippen LogP) is 2.42. The number of aryl methyl sites for hydroxylation is 1. The average Bonchev–Trinajstić information content (AvgIpc) is 2.36. The Morgan fingerprint density at radius 3 is 2.67 bits per heavy atom. The van der Waals surface area contributed by atoms with Crippen molar-refractivity contribution in [3.63, 3.8) is 0 Å². The van der Waals surface area contributed by atoms with Gasteiger partial charge in [0.25, 0.3) is 0 Å². The summed E-state index contributed by atoms with van der Waals surface area (Å²) in [7, 11) is 1.70. The monoisotopic (exact) mass is 266 g/mol. The summed E-state index contributed by atoms with van der Waals surface area (Å²) in [6.45, 7) is 5.94. The molecule has 100 valence electrons. The zero-order valence-corrected chi connectivity index (χ0v) is 12.2. The molecule has 0 bridgehead atoms. The van der Waals surface area contributed by atoms with Gasteiger partial charge in [-0.15, -0.1) is 0 Å². The molecule has 0 aromatic heterocycles. The molecule has 0 aliphatic heterocycles. The zero-order chi connectivity index (χ0) is 13.4. The smallest absolute Gasteiger partial charge is 0.166 e. The molecule has 0 saturated heterocycles. The first-order chi connectivity index (χ1) is 8.67. The molecular weight excluding hydrogens is 244 g/mol. The molecule has 0 aliphatic rings. The van der Waals surface area contributed by atoms with Gasteiger partial charge in [-0.3, -0.25) is 0 Å². The molecule has 0 aliphatic carbocycles. The van der Waals surface area contributed by atoms with Crippen molar-refractivity contribution in [2.45, 2.75) is 26.7 Å². The number of hydrogen-bond acceptors (Lipinski definition) is 2. The fourth-order valence-corrected chi connectivity index (χ4v) is 1.92. The van der Waals surface area contributed by atoms with Gasteiger partial charge in [0.2, 0.25) is 0 Å². The Balaban J connectivity index is 2.43. The third-order valence-corrected chi connectivity index (χ3v) is 2.94. The zero-order valence-electron chi connectivity index (χ0n) is 11.4. The highest BCUT2D eigenvalue weighted by Crippen LogP contribution is 2.19. The van der Waals surface area contributed by atoms with Crippen LogP contribution in [-0.2, 0) is 6.42 Å². The lowest BCUT2D eigenvalue weighted by atomic mass is 10.1. The van der Waals surface area contributed by atoms with E-state index in [2.05, 4.69) is 36.6 Å². The largest absolute Gasteiger partial charge is 0.496 e. The van der Waals surface area contributed by atoms with E-state index in [1.807, 2.05) is 6.07 Å². The first kappa shape index (κ1) is 14.8. The summed E-state index contributed by atoms with van der Waals surface area (Å²) in [6.07, 6.45) is 1.98. The molecular formula is C14H22N2OS. The van der Waals surface area contributed by atoms with Crippen molar-refractivity contribution in [2.24, 2.45) is 0 Å². The molecule has 3 nitrogen and oxygen atoms in total. The summed E-state index contributed by atoms with van der Waals surface area (Å²) in [5.41, 5.74) is 2.46. The summed E-state index contributed by atoms with van der Waals surface area (Å²) >= 11 is 5.17. The van der Waals surface area contributed by atoms with Crippen LogP contribution in [0.25, 0.3) is 0 Å². The van der Waals surface area contributed by atoms with E-state index < -0.39 is 0 Å². The second-order valence-electron chi connectivity index (χ2n) is 4.25. The van der Waals surface area contributed by atoms with Crippen LogP contribution in [0.5, 0.6) is 5.75 Å². The SMILES string of the molecule is CCCNC(=S)NCCc1cc(C)ccc1OC. The van der Waals surface area contributed by atoms with Crippen LogP contribution >= 0.6 is 12.2 Å². The van der Waals surface area contributed by atoms with Crippen LogP contribution in [0, 0.1) is 6.92 Å². The van der Waals surface area contributed by atoms with E-state index >= 15 is 0 Å². The molecule has 18 heavy (non-hydrogen) atoms. The Kier molecular flexibility index (Phi) is 6.50. The number of thiocarbonyl (C=S) groups is 1. The fraction of sp³-hybridized carbons (Fsp3) is 0.500. The summed E-state index contributed by atoms with van der Waals surface area (Å²) < 4.78 is 5.35. The van der Waals surface area contributed by atoms with Gasteiger partial charge in [-0.05, 0) is 43.6 Å². The Morgan fingerprint density at radius 2 is 2.00 bits per heavy atom. The van der Waals surface area contributed by atoms with Crippen LogP contribution in [0.4, 0.5) is 0 Å². The first-order valence-electron chi connectivity index (χ1n) is 6.32. The van der Waals surface area contributed by atoms with Crippen molar-refractivity contribution in [2.75, 3.05) is 20.2 Å². The van der Waals surface area contributed by atoms with E-state index in [1.54, 1.807) is 7.11 Å². The molecule has 2 N–H and O–H groups in total. The minimum Gasteiger partial charge on any atom is -0.496 e. The van der Waals surface area contributed by atoms with Crippen molar-refractivity contribution >= 4 is 17.3 Å². The Labute approximate surface area is 115 Å². The second kappa shape index (κ2) is 7.93. The van der Waals surface area contributed by atoms with Crippen molar-refractivity contribution in [1.82, 2.24) is 10.6 Å². The van der Waals surface area contributed by atoms with Gasteiger partial charge in [0, 0.05) is 13.1 Å². The summed E-state index contributed by atoms with van der Waals surface area (Å²) in [4.78, 5) is 0. The maximum Gasteiger partial charge on any atom is 0.166 e. The predicted molar refractivity (Wildman–Crippen MR) is 80.3 cm³/mol. The van der Waals surface area contributed by atoms with Gasteiger partial charge in [0.1, 0.15) is 5.75 Å². The van der Waals surface area contributed by atoms with Crippen molar-refractivity contribution in [3.05, 3.63) is 29.3 Å². The maximum absolute atomic E-state index is 5.35. The van der Waals surface area contributed by atoms with Gasteiger partial charge >= 0.3 is 0 Å². The highest BCUT2D eigenvalue weighted by atomic mass is 32.1. The van der Waals surface area contributed by atoms with E-state index in [1.165, 1.54) is 11.1 Å². The van der Waals surface area contributed by atoms with Crippen LogP contribution in [0.2, 0.25) is 0 Å². The van der Waals surface area contributed by atoms with Gasteiger partial charge in [-0.2, -0.15) is 0 Å². The summed E-state index contributed by atoms with van der Waals surface area (Å²) in [6, 6.07) is 6.23. The van der Waals surface area contributed by atoms with Gasteiger partial charge in [-0.25, -0.2) is 0 Å². The number of benzene rings is 1. The number of hydrogen-bond donors (Lipinski definition) is 2. The quantitative estimate of drug-likeness (QED) is 0.775. The average molecular weight is 266 g/mol. The molecule has 0 amide bonds. The van der Waals surface area contributed by atoms with Gasteiger partial charge in [-0.1, -0.05) is 24.6 Å². The first-order valence-corrected chi connectivity index (χ1v) is 6.73. The van der Waals surface area contributed by atoms with Gasteiger partial charge < -0.3 is 15.4 Å². The number of ether oxygens (including phenoxy) is 1. The third-order valence-electron chi connectivity index (χ3n) is 2.65. The van der Waals surface area contributed by atoms with Crippen LogP contribution in [0.1, 0.15) is 24.5 Å². The number of nitrogens with one attached hydrogen (secondary N) is 2. The molecule has 0 heterocycles.